The lowest BCUT2D eigenvalue weighted by Gasteiger charge is -2.43. The summed E-state index contributed by atoms with van der Waals surface area (Å²) in [6.07, 6.45) is 7.78. The van der Waals surface area contributed by atoms with Crippen molar-refractivity contribution in [2.45, 2.75) is 57.0 Å². The Morgan fingerprint density at radius 2 is 2.11 bits per heavy atom. The van der Waals surface area contributed by atoms with E-state index in [1.165, 1.54) is 51.6 Å². The zero-order valence-corrected chi connectivity index (χ0v) is 12.5. The minimum absolute atomic E-state index is 0.0719. The van der Waals surface area contributed by atoms with Gasteiger partial charge in [-0.1, -0.05) is 19.8 Å². The van der Waals surface area contributed by atoms with Gasteiger partial charge in [-0.15, -0.1) is 0 Å². The Labute approximate surface area is 113 Å². The topological polar surface area (TPSA) is 32.5 Å². The molecule has 3 unspecified atom stereocenters. The first-order valence-corrected chi connectivity index (χ1v) is 7.66. The summed E-state index contributed by atoms with van der Waals surface area (Å²) in [6, 6.07) is 0.710. The van der Waals surface area contributed by atoms with Crippen molar-refractivity contribution in [3.63, 3.8) is 0 Å². The normalized spacial score (nSPS) is 39.2. The van der Waals surface area contributed by atoms with Gasteiger partial charge in [0.25, 0.3) is 0 Å². The van der Waals surface area contributed by atoms with Crippen molar-refractivity contribution in [3.05, 3.63) is 0 Å². The molecular weight excluding hydrogens is 222 g/mol. The number of nitrogens with zero attached hydrogens (tertiary/aromatic N) is 2. The van der Waals surface area contributed by atoms with Crippen LogP contribution in [0.4, 0.5) is 0 Å². The summed E-state index contributed by atoms with van der Waals surface area (Å²) in [7, 11) is 4.51. The number of nitrogens with two attached hydrogens (primary N) is 1. The van der Waals surface area contributed by atoms with Gasteiger partial charge in [-0.25, -0.2) is 0 Å². The van der Waals surface area contributed by atoms with Crippen molar-refractivity contribution >= 4 is 0 Å². The molecule has 0 amide bonds. The quantitative estimate of drug-likeness (QED) is 0.834. The maximum Gasteiger partial charge on any atom is 0.0285 e. The van der Waals surface area contributed by atoms with Crippen molar-refractivity contribution < 1.29 is 0 Å². The van der Waals surface area contributed by atoms with E-state index in [-0.39, 0.29) is 5.54 Å². The van der Waals surface area contributed by atoms with Gasteiger partial charge in [0.2, 0.25) is 0 Å². The van der Waals surface area contributed by atoms with Gasteiger partial charge in [0.05, 0.1) is 0 Å². The second kappa shape index (κ2) is 5.89. The van der Waals surface area contributed by atoms with Gasteiger partial charge in [0, 0.05) is 24.7 Å². The summed E-state index contributed by atoms with van der Waals surface area (Å²) in [6.45, 7) is 5.91. The average molecular weight is 253 g/mol. The third-order valence-electron chi connectivity index (χ3n) is 4.91. The smallest absolute Gasteiger partial charge is 0.0285 e. The zero-order chi connectivity index (χ0) is 13.2. The van der Waals surface area contributed by atoms with Gasteiger partial charge in [0.1, 0.15) is 0 Å². The van der Waals surface area contributed by atoms with Crippen molar-refractivity contribution in [1.29, 1.82) is 0 Å². The Morgan fingerprint density at radius 3 is 2.78 bits per heavy atom. The highest BCUT2D eigenvalue weighted by Gasteiger charge is 2.34. The van der Waals surface area contributed by atoms with Crippen LogP contribution in [0, 0.1) is 5.92 Å². The standard InChI is InChI=1S/C15H31N3/c1-13-6-4-8-15(16,10-13)12-18(3)14-7-5-9-17(2)11-14/h13-14H,4-12,16H2,1-3H3. The van der Waals surface area contributed by atoms with Gasteiger partial charge in [0.15, 0.2) is 0 Å². The highest BCUT2D eigenvalue weighted by atomic mass is 15.2. The zero-order valence-electron chi connectivity index (χ0n) is 12.5. The van der Waals surface area contributed by atoms with Crippen molar-refractivity contribution in [1.82, 2.24) is 9.80 Å². The number of hydrogen-bond acceptors (Lipinski definition) is 3. The molecule has 0 spiro atoms. The van der Waals surface area contributed by atoms with Gasteiger partial charge >= 0.3 is 0 Å². The van der Waals surface area contributed by atoms with Crippen LogP contribution in [-0.4, -0.2) is 55.1 Å². The Kier molecular flexibility index (Phi) is 4.68. The molecule has 3 nitrogen and oxygen atoms in total. The molecule has 0 radical (unpaired) electrons. The van der Waals surface area contributed by atoms with E-state index in [0.29, 0.717) is 6.04 Å². The molecule has 106 valence electrons. The molecule has 3 atom stereocenters. The molecule has 1 aliphatic carbocycles. The monoisotopic (exact) mass is 253 g/mol. The van der Waals surface area contributed by atoms with Crippen LogP contribution in [0.5, 0.6) is 0 Å². The van der Waals surface area contributed by atoms with Crippen molar-refractivity contribution in [2.24, 2.45) is 11.7 Å². The van der Waals surface area contributed by atoms with Crippen molar-refractivity contribution in [3.8, 4) is 0 Å². The third-order valence-corrected chi connectivity index (χ3v) is 4.91. The number of rotatable bonds is 3. The van der Waals surface area contributed by atoms with Crippen LogP contribution in [0.3, 0.4) is 0 Å². The molecule has 0 aromatic heterocycles. The summed E-state index contributed by atoms with van der Waals surface area (Å²) in [5.74, 6) is 0.811. The number of piperidine rings is 1. The molecule has 2 N–H and O–H groups in total. The fourth-order valence-corrected chi connectivity index (χ4v) is 3.97. The first-order valence-electron chi connectivity index (χ1n) is 7.66. The van der Waals surface area contributed by atoms with E-state index in [9.17, 15) is 0 Å². The Hall–Kier alpha value is -0.120. The molecule has 0 aromatic rings. The number of likely N-dealkylation sites (tertiary alicyclic amines) is 1. The van der Waals surface area contributed by atoms with Crippen LogP contribution in [0.15, 0.2) is 0 Å². The third kappa shape index (κ3) is 3.69. The van der Waals surface area contributed by atoms with Gasteiger partial charge in [-0.2, -0.15) is 0 Å². The number of hydrogen-bond donors (Lipinski definition) is 1. The summed E-state index contributed by atoms with van der Waals surface area (Å²) >= 11 is 0. The van der Waals surface area contributed by atoms with Gasteiger partial charge < -0.3 is 15.5 Å². The maximum atomic E-state index is 6.64. The lowest BCUT2D eigenvalue weighted by Crippen LogP contribution is -2.56. The number of likely N-dealkylation sites (N-methyl/N-ethyl adjacent to an activating group) is 2. The molecular formula is C15H31N3. The molecule has 18 heavy (non-hydrogen) atoms. The molecule has 1 saturated heterocycles. The molecule has 2 aliphatic rings. The maximum absolute atomic E-state index is 6.64. The van der Waals surface area contributed by atoms with E-state index >= 15 is 0 Å². The second-order valence-corrected chi connectivity index (χ2v) is 7.04. The minimum atomic E-state index is 0.0719. The predicted octanol–water partition coefficient (Wildman–Crippen LogP) is 1.92. The van der Waals surface area contributed by atoms with E-state index < -0.39 is 0 Å². The van der Waals surface area contributed by atoms with Crippen LogP contribution >= 0.6 is 0 Å². The molecule has 0 bridgehead atoms. The van der Waals surface area contributed by atoms with E-state index in [1.807, 2.05) is 0 Å². The van der Waals surface area contributed by atoms with Crippen LogP contribution < -0.4 is 5.73 Å². The fraction of sp³-hybridized carbons (Fsp3) is 1.00. The highest BCUT2D eigenvalue weighted by molar-refractivity contribution is 4.93. The molecule has 0 aromatic carbocycles. The van der Waals surface area contributed by atoms with Crippen molar-refractivity contribution in [2.75, 3.05) is 33.7 Å². The summed E-state index contributed by atoms with van der Waals surface area (Å²) < 4.78 is 0. The fourth-order valence-electron chi connectivity index (χ4n) is 3.97. The van der Waals surface area contributed by atoms with E-state index in [4.69, 9.17) is 5.73 Å². The molecule has 1 saturated carbocycles. The summed E-state index contributed by atoms with van der Waals surface area (Å²) in [5, 5.41) is 0. The molecule has 3 heteroatoms. The predicted molar refractivity (Wildman–Crippen MR) is 77.7 cm³/mol. The molecule has 2 fully saturated rings. The van der Waals surface area contributed by atoms with Crippen LogP contribution in [0.1, 0.15) is 45.4 Å². The SMILES string of the molecule is CC1CCCC(N)(CN(C)C2CCCN(C)C2)C1. The lowest BCUT2D eigenvalue weighted by molar-refractivity contribution is 0.0932. The van der Waals surface area contributed by atoms with Crippen LogP contribution in [0.25, 0.3) is 0 Å². The summed E-state index contributed by atoms with van der Waals surface area (Å²) in [5.41, 5.74) is 6.71. The first-order chi connectivity index (χ1) is 8.48. The van der Waals surface area contributed by atoms with E-state index in [1.54, 1.807) is 0 Å². The Morgan fingerprint density at radius 1 is 1.33 bits per heavy atom. The largest absolute Gasteiger partial charge is 0.324 e. The van der Waals surface area contributed by atoms with Crippen LogP contribution in [-0.2, 0) is 0 Å². The average Bonchev–Trinajstić information content (AvgIpc) is 2.28. The lowest BCUT2D eigenvalue weighted by atomic mass is 9.76. The highest BCUT2D eigenvalue weighted by Crippen LogP contribution is 2.31. The minimum Gasteiger partial charge on any atom is -0.324 e. The first kappa shape index (κ1) is 14.3. The van der Waals surface area contributed by atoms with E-state index in [2.05, 4.69) is 30.8 Å². The second-order valence-electron chi connectivity index (χ2n) is 7.04. The molecule has 2 rings (SSSR count). The van der Waals surface area contributed by atoms with Gasteiger partial charge in [-0.3, -0.25) is 0 Å². The summed E-state index contributed by atoms with van der Waals surface area (Å²) in [4.78, 5) is 4.99. The van der Waals surface area contributed by atoms with E-state index in [0.717, 1.165) is 12.5 Å². The Balaban J connectivity index is 1.87. The molecule has 1 aliphatic heterocycles. The molecule has 1 heterocycles. The Bertz CT molecular complexity index is 268. The van der Waals surface area contributed by atoms with Gasteiger partial charge in [-0.05, 0) is 52.2 Å². The van der Waals surface area contributed by atoms with Crippen LogP contribution in [0.2, 0.25) is 0 Å².